The fourth-order valence-electron chi connectivity index (χ4n) is 2.31. The summed E-state index contributed by atoms with van der Waals surface area (Å²) in [5.41, 5.74) is 0.401. The molecule has 0 radical (unpaired) electrons. The van der Waals surface area contributed by atoms with Crippen LogP contribution in [-0.2, 0) is 4.74 Å². The van der Waals surface area contributed by atoms with Gasteiger partial charge >= 0.3 is 6.09 Å². The summed E-state index contributed by atoms with van der Waals surface area (Å²) in [5, 5.41) is 0. The van der Waals surface area contributed by atoms with E-state index in [0.717, 1.165) is 31.8 Å². The van der Waals surface area contributed by atoms with Crippen LogP contribution in [0, 0.1) is 11.3 Å². The van der Waals surface area contributed by atoms with Gasteiger partial charge in [0.2, 0.25) is 0 Å². The molecular weight excluding hydrogens is 190 g/mol. The Hall–Kier alpha value is -0.730. The van der Waals surface area contributed by atoms with E-state index in [2.05, 4.69) is 20.8 Å². The first-order chi connectivity index (χ1) is 6.92. The van der Waals surface area contributed by atoms with E-state index < -0.39 is 0 Å². The van der Waals surface area contributed by atoms with Crippen molar-refractivity contribution in [1.82, 2.24) is 4.90 Å². The Morgan fingerprint density at radius 3 is 2.27 bits per heavy atom. The summed E-state index contributed by atoms with van der Waals surface area (Å²) >= 11 is 0. The number of carbonyl (C=O) groups is 1. The molecule has 0 atom stereocenters. The zero-order valence-electron chi connectivity index (χ0n) is 10.4. The largest absolute Gasteiger partial charge is 0.453 e. The van der Waals surface area contributed by atoms with Crippen LogP contribution in [0.25, 0.3) is 0 Å². The Kier molecular flexibility index (Phi) is 4.00. The average molecular weight is 213 g/mol. The van der Waals surface area contributed by atoms with Crippen molar-refractivity contribution < 1.29 is 9.53 Å². The zero-order chi connectivity index (χ0) is 11.5. The second-order valence-electron chi connectivity index (χ2n) is 5.67. The zero-order valence-corrected chi connectivity index (χ0v) is 10.4. The molecular formula is C12H23NO2. The molecule has 0 spiro atoms. The van der Waals surface area contributed by atoms with Crippen LogP contribution in [0.3, 0.4) is 0 Å². The van der Waals surface area contributed by atoms with Gasteiger partial charge < -0.3 is 9.64 Å². The van der Waals surface area contributed by atoms with Crippen molar-refractivity contribution in [2.45, 2.75) is 40.0 Å². The number of likely N-dealkylation sites (tertiary alicyclic amines) is 1. The van der Waals surface area contributed by atoms with Gasteiger partial charge in [0.25, 0.3) is 0 Å². The lowest BCUT2D eigenvalue weighted by molar-refractivity contribution is 0.0993. The van der Waals surface area contributed by atoms with Crippen LogP contribution in [0.5, 0.6) is 0 Å². The SMILES string of the molecule is COC(=O)N1CCC(CC(C)(C)C)CC1. The van der Waals surface area contributed by atoms with E-state index in [1.807, 2.05) is 0 Å². The van der Waals surface area contributed by atoms with E-state index >= 15 is 0 Å². The second-order valence-corrected chi connectivity index (χ2v) is 5.67. The van der Waals surface area contributed by atoms with E-state index in [0.29, 0.717) is 5.41 Å². The maximum Gasteiger partial charge on any atom is 0.409 e. The highest BCUT2D eigenvalue weighted by molar-refractivity contribution is 5.67. The van der Waals surface area contributed by atoms with E-state index in [1.165, 1.54) is 13.5 Å². The molecule has 0 aromatic rings. The number of rotatable bonds is 1. The van der Waals surface area contributed by atoms with Gasteiger partial charge in [0.15, 0.2) is 0 Å². The number of amides is 1. The lowest BCUT2D eigenvalue weighted by Gasteiger charge is -2.34. The van der Waals surface area contributed by atoms with Crippen molar-refractivity contribution >= 4 is 6.09 Å². The number of carbonyl (C=O) groups excluding carboxylic acids is 1. The third-order valence-electron chi connectivity index (χ3n) is 2.95. The molecule has 3 heteroatoms. The monoisotopic (exact) mass is 213 g/mol. The number of hydrogen-bond donors (Lipinski definition) is 0. The van der Waals surface area contributed by atoms with Gasteiger partial charge in [0.1, 0.15) is 0 Å². The third-order valence-corrected chi connectivity index (χ3v) is 2.95. The van der Waals surface area contributed by atoms with Crippen LogP contribution < -0.4 is 0 Å². The number of hydrogen-bond acceptors (Lipinski definition) is 2. The molecule has 1 rings (SSSR count). The molecule has 1 saturated heterocycles. The van der Waals surface area contributed by atoms with Gasteiger partial charge in [0, 0.05) is 13.1 Å². The van der Waals surface area contributed by atoms with Gasteiger partial charge in [-0.25, -0.2) is 4.79 Å². The maximum absolute atomic E-state index is 11.3. The Morgan fingerprint density at radius 2 is 1.87 bits per heavy atom. The van der Waals surface area contributed by atoms with E-state index in [9.17, 15) is 4.79 Å². The van der Waals surface area contributed by atoms with Crippen LogP contribution in [-0.4, -0.2) is 31.2 Å². The first-order valence-electron chi connectivity index (χ1n) is 5.75. The van der Waals surface area contributed by atoms with E-state index in [4.69, 9.17) is 4.74 Å². The highest BCUT2D eigenvalue weighted by Gasteiger charge is 2.26. The fraction of sp³-hybridized carbons (Fsp3) is 0.917. The van der Waals surface area contributed by atoms with E-state index in [1.54, 1.807) is 4.90 Å². The number of piperidine rings is 1. The van der Waals surface area contributed by atoms with Crippen molar-refractivity contribution in [3.8, 4) is 0 Å². The van der Waals surface area contributed by atoms with Crippen LogP contribution in [0.1, 0.15) is 40.0 Å². The molecule has 0 aromatic carbocycles. The smallest absolute Gasteiger partial charge is 0.409 e. The van der Waals surface area contributed by atoms with Crippen molar-refractivity contribution in [3.05, 3.63) is 0 Å². The highest BCUT2D eigenvalue weighted by Crippen LogP contribution is 2.30. The van der Waals surface area contributed by atoms with Crippen molar-refractivity contribution in [2.75, 3.05) is 20.2 Å². The second kappa shape index (κ2) is 4.86. The van der Waals surface area contributed by atoms with Crippen molar-refractivity contribution in [1.29, 1.82) is 0 Å². The average Bonchev–Trinajstić information content (AvgIpc) is 2.15. The summed E-state index contributed by atoms with van der Waals surface area (Å²) in [6.07, 6.45) is 3.31. The molecule has 0 aromatic heterocycles. The minimum Gasteiger partial charge on any atom is -0.453 e. The number of methoxy groups -OCH3 is 1. The Morgan fingerprint density at radius 1 is 1.33 bits per heavy atom. The van der Waals surface area contributed by atoms with Gasteiger partial charge in [-0.3, -0.25) is 0 Å². The van der Waals surface area contributed by atoms with Gasteiger partial charge in [0.05, 0.1) is 7.11 Å². The molecule has 0 saturated carbocycles. The van der Waals surface area contributed by atoms with Gasteiger partial charge in [-0.05, 0) is 30.6 Å². The molecule has 0 unspecified atom stereocenters. The predicted molar refractivity (Wildman–Crippen MR) is 60.8 cm³/mol. The quantitative estimate of drug-likeness (QED) is 0.670. The maximum atomic E-state index is 11.3. The summed E-state index contributed by atoms with van der Waals surface area (Å²) in [6.45, 7) is 8.54. The third kappa shape index (κ3) is 4.10. The Balaban J connectivity index is 2.33. The number of nitrogens with zero attached hydrogens (tertiary/aromatic N) is 1. The molecule has 1 aliphatic rings. The normalized spacial score (nSPS) is 19.1. The van der Waals surface area contributed by atoms with E-state index in [-0.39, 0.29) is 6.09 Å². The first kappa shape index (κ1) is 12.3. The summed E-state index contributed by atoms with van der Waals surface area (Å²) in [5.74, 6) is 0.769. The van der Waals surface area contributed by atoms with Crippen LogP contribution in [0.2, 0.25) is 0 Å². The summed E-state index contributed by atoms with van der Waals surface area (Å²) in [7, 11) is 1.45. The van der Waals surface area contributed by atoms with Gasteiger partial charge in [-0.1, -0.05) is 20.8 Å². The topological polar surface area (TPSA) is 29.5 Å². The van der Waals surface area contributed by atoms with Crippen LogP contribution >= 0.6 is 0 Å². The lowest BCUT2D eigenvalue weighted by Crippen LogP contribution is -2.39. The molecule has 0 bridgehead atoms. The molecule has 1 aliphatic heterocycles. The molecule has 0 aliphatic carbocycles. The summed E-state index contributed by atoms with van der Waals surface area (Å²) < 4.78 is 4.71. The highest BCUT2D eigenvalue weighted by atomic mass is 16.5. The Bertz CT molecular complexity index is 212. The minimum atomic E-state index is -0.177. The minimum absolute atomic E-state index is 0.177. The summed E-state index contributed by atoms with van der Waals surface area (Å²) in [6, 6.07) is 0. The molecule has 1 amide bonds. The van der Waals surface area contributed by atoms with Crippen LogP contribution in [0.15, 0.2) is 0 Å². The van der Waals surface area contributed by atoms with Crippen molar-refractivity contribution in [3.63, 3.8) is 0 Å². The van der Waals surface area contributed by atoms with Crippen LogP contribution in [0.4, 0.5) is 4.79 Å². The van der Waals surface area contributed by atoms with Gasteiger partial charge in [-0.2, -0.15) is 0 Å². The molecule has 88 valence electrons. The lowest BCUT2D eigenvalue weighted by atomic mass is 9.80. The standard InChI is InChI=1S/C12H23NO2/c1-12(2,3)9-10-5-7-13(8-6-10)11(14)15-4/h10H,5-9H2,1-4H3. The first-order valence-corrected chi connectivity index (χ1v) is 5.75. The Labute approximate surface area is 92.8 Å². The molecule has 0 N–H and O–H groups in total. The number of ether oxygens (including phenoxy) is 1. The molecule has 3 nitrogen and oxygen atoms in total. The molecule has 1 heterocycles. The van der Waals surface area contributed by atoms with Crippen molar-refractivity contribution in [2.24, 2.45) is 11.3 Å². The summed E-state index contributed by atoms with van der Waals surface area (Å²) in [4.78, 5) is 13.1. The predicted octanol–water partition coefficient (Wildman–Crippen LogP) is 2.90. The molecule has 1 fully saturated rings. The van der Waals surface area contributed by atoms with Gasteiger partial charge in [-0.15, -0.1) is 0 Å². The fourth-order valence-corrected chi connectivity index (χ4v) is 2.31. The molecule has 15 heavy (non-hydrogen) atoms.